The van der Waals surface area contributed by atoms with Gasteiger partial charge in [0, 0.05) is 12.2 Å². The zero-order valence-corrected chi connectivity index (χ0v) is 14.0. The average molecular weight is 279 g/mol. The van der Waals surface area contributed by atoms with Crippen LogP contribution in [0.4, 0.5) is 0 Å². The van der Waals surface area contributed by atoms with E-state index in [0.29, 0.717) is 18.0 Å². The highest BCUT2D eigenvalue weighted by Gasteiger charge is 2.12. The summed E-state index contributed by atoms with van der Waals surface area (Å²) in [5.41, 5.74) is 1.25. The molecule has 1 aromatic heterocycles. The zero-order chi connectivity index (χ0) is 15.0. The first kappa shape index (κ1) is 17.2. The lowest BCUT2D eigenvalue weighted by Crippen LogP contribution is -2.33. The van der Waals surface area contributed by atoms with Gasteiger partial charge in [0.15, 0.2) is 0 Å². The fraction of sp³-hybridized carbons (Fsp3) is 0.824. The van der Waals surface area contributed by atoms with E-state index in [2.05, 4.69) is 56.9 Å². The summed E-state index contributed by atoms with van der Waals surface area (Å²) in [5.74, 6) is 0.706. The van der Waals surface area contributed by atoms with Crippen LogP contribution in [-0.4, -0.2) is 22.4 Å². The first-order valence-corrected chi connectivity index (χ1v) is 8.39. The van der Waals surface area contributed by atoms with Gasteiger partial charge in [-0.05, 0) is 50.6 Å². The molecular weight excluding hydrogens is 246 g/mol. The van der Waals surface area contributed by atoms with E-state index in [9.17, 15) is 0 Å². The van der Waals surface area contributed by atoms with Crippen LogP contribution in [0, 0.1) is 5.92 Å². The number of aromatic nitrogens is 2. The van der Waals surface area contributed by atoms with Crippen molar-refractivity contribution in [1.82, 2.24) is 15.1 Å². The largest absolute Gasteiger partial charge is 0.314 e. The quantitative estimate of drug-likeness (QED) is 0.695. The molecule has 1 heterocycles. The summed E-state index contributed by atoms with van der Waals surface area (Å²) in [6.45, 7) is 12.3. The summed E-state index contributed by atoms with van der Waals surface area (Å²) in [6.07, 6.45) is 8.03. The third kappa shape index (κ3) is 5.28. The monoisotopic (exact) mass is 279 g/mol. The fourth-order valence-electron chi connectivity index (χ4n) is 2.81. The maximum atomic E-state index is 4.74. The van der Waals surface area contributed by atoms with Gasteiger partial charge >= 0.3 is 0 Å². The summed E-state index contributed by atoms with van der Waals surface area (Å²) in [5, 5.41) is 8.32. The Balaban J connectivity index is 2.42. The standard InChI is InChI=1S/C17H33N3/c1-6-16(7-2)20-13-12-15(19-20)10-9-11-17(14(4)5)18-8-3/h12-14,16-18H,6-11H2,1-5H3. The van der Waals surface area contributed by atoms with Gasteiger partial charge in [-0.1, -0.05) is 34.6 Å². The molecule has 0 aliphatic heterocycles. The van der Waals surface area contributed by atoms with Crippen LogP contribution in [0.2, 0.25) is 0 Å². The van der Waals surface area contributed by atoms with E-state index in [1.54, 1.807) is 0 Å². The number of hydrogen-bond acceptors (Lipinski definition) is 2. The predicted octanol–water partition coefficient (Wildman–Crippen LogP) is 4.20. The molecule has 0 saturated heterocycles. The van der Waals surface area contributed by atoms with E-state index in [4.69, 9.17) is 5.10 Å². The molecule has 1 unspecified atom stereocenters. The third-order valence-electron chi connectivity index (χ3n) is 4.20. The number of nitrogens with zero attached hydrogens (tertiary/aromatic N) is 2. The molecule has 0 radical (unpaired) electrons. The fourth-order valence-corrected chi connectivity index (χ4v) is 2.81. The Bertz CT molecular complexity index is 353. The molecule has 1 N–H and O–H groups in total. The van der Waals surface area contributed by atoms with Gasteiger partial charge in [-0.3, -0.25) is 4.68 Å². The van der Waals surface area contributed by atoms with Crippen molar-refractivity contribution in [3.05, 3.63) is 18.0 Å². The van der Waals surface area contributed by atoms with Crippen LogP contribution in [0.1, 0.15) is 72.0 Å². The highest BCUT2D eigenvalue weighted by Crippen LogP contribution is 2.16. The molecule has 3 heteroatoms. The predicted molar refractivity (Wildman–Crippen MR) is 87.1 cm³/mol. The second-order valence-corrected chi connectivity index (χ2v) is 6.06. The SMILES string of the molecule is CCNC(CCCc1ccn(C(CC)CC)n1)C(C)C. The van der Waals surface area contributed by atoms with Crippen molar-refractivity contribution >= 4 is 0 Å². The highest BCUT2D eigenvalue weighted by atomic mass is 15.3. The van der Waals surface area contributed by atoms with Crippen molar-refractivity contribution in [2.75, 3.05) is 6.54 Å². The molecule has 0 fully saturated rings. The molecule has 20 heavy (non-hydrogen) atoms. The zero-order valence-electron chi connectivity index (χ0n) is 14.0. The van der Waals surface area contributed by atoms with Crippen LogP contribution >= 0.6 is 0 Å². The van der Waals surface area contributed by atoms with Gasteiger partial charge in [-0.25, -0.2) is 0 Å². The second kappa shape index (κ2) is 9.17. The number of aryl methyl sites for hydroxylation is 1. The van der Waals surface area contributed by atoms with Gasteiger partial charge in [-0.15, -0.1) is 0 Å². The van der Waals surface area contributed by atoms with Crippen LogP contribution in [0.3, 0.4) is 0 Å². The smallest absolute Gasteiger partial charge is 0.0624 e. The van der Waals surface area contributed by atoms with Gasteiger partial charge in [0.2, 0.25) is 0 Å². The molecular formula is C17H33N3. The molecule has 0 amide bonds. The molecule has 0 spiro atoms. The minimum atomic E-state index is 0.564. The van der Waals surface area contributed by atoms with Crippen molar-refractivity contribution in [2.24, 2.45) is 5.92 Å². The number of rotatable bonds is 10. The number of nitrogens with one attached hydrogen (secondary N) is 1. The summed E-state index contributed by atoms with van der Waals surface area (Å²) < 4.78 is 2.15. The summed E-state index contributed by atoms with van der Waals surface area (Å²) in [6, 6.07) is 3.39. The van der Waals surface area contributed by atoms with Crippen molar-refractivity contribution in [3.63, 3.8) is 0 Å². The Morgan fingerprint density at radius 2 is 1.90 bits per heavy atom. The lowest BCUT2D eigenvalue weighted by molar-refractivity contribution is 0.375. The highest BCUT2D eigenvalue weighted by molar-refractivity contribution is 5.00. The Hall–Kier alpha value is -0.830. The van der Waals surface area contributed by atoms with Gasteiger partial charge in [0.1, 0.15) is 0 Å². The van der Waals surface area contributed by atoms with Crippen molar-refractivity contribution in [3.8, 4) is 0 Å². The summed E-state index contributed by atoms with van der Waals surface area (Å²) in [4.78, 5) is 0. The van der Waals surface area contributed by atoms with Gasteiger partial charge in [0.25, 0.3) is 0 Å². The van der Waals surface area contributed by atoms with Gasteiger partial charge in [0.05, 0.1) is 11.7 Å². The molecule has 116 valence electrons. The van der Waals surface area contributed by atoms with Crippen LogP contribution in [-0.2, 0) is 6.42 Å². The van der Waals surface area contributed by atoms with E-state index in [0.717, 1.165) is 25.8 Å². The topological polar surface area (TPSA) is 29.9 Å². The van der Waals surface area contributed by atoms with Crippen LogP contribution in [0.15, 0.2) is 12.3 Å². The molecule has 0 aliphatic carbocycles. The molecule has 1 atom stereocenters. The molecule has 0 aliphatic rings. The van der Waals surface area contributed by atoms with E-state index in [1.807, 2.05) is 0 Å². The first-order chi connectivity index (χ1) is 9.62. The maximum Gasteiger partial charge on any atom is 0.0624 e. The normalized spacial score (nSPS) is 13.3. The van der Waals surface area contributed by atoms with E-state index in [1.165, 1.54) is 18.5 Å². The second-order valence-electron chi connectivity index (χ2n) is 6.06. The molecule has 1 rings (SSSR count). The molecule has 1 aromatic rings. The van der Waals surface area contributed by atoms with Crippen LogP contribution in [0.25, 0.3) is 0 Å². The molecule has 0 bridgehead atoms. The van der Waals surface area contributed by atoms with E-state index in [-0.39, 0.29) is 0 Å². The average Bonchev–Trinajstić information content (AvgIpc) is 2.88. The van der Waals surface area contributed by atoms with Crippen LogP contribution < -0.4 is 5.32 Å². The van der Waals surface area contributed by atoms with Crippen molar-refractivity contribution < 1.29 is 0 Å². The summed E-state index contributed by atoms with van der Waals surface area (Å²) >= 11 is 0. The minimum Gasteiger partial charge on any atom is -0.314 e. The van der Waals surface area contributed by atoms with Crippen molar-refractivity contribution in [2.45, 2.75) is 78.8 Å². The maximum absolute atomic E-state index is 4.74. The lowest BCUT2D eigenvalue weighted by atomic mass is 9.98. The Labute approximate surface area is 125 Å². The van der Waals surface area contributed by atoms with E-state index < -0.39 is 0 Å². The minimum absolute atomic E-state index is 0.564. The van der Waals surface area contributed by atoms with Gasteiger partial charge < -0.3 is 5.32 Å². The van der Waals surface area contributed by atoms with Gasteiger partial charge in [-0.2, -0.15) is 5.10 Å². The Morgan fingerprint density at radius 1 is 1.20 bits per heavy atom. The Kier molecular flexibility index (Phi) is 7.90. The summed E-state index contributed by atoms with van der Waals surface area (Å²) in [7, 11) is 0. The number of hydrogen-bond donors (Lipinski definition) is 1. The Morgan fingerprint density at radius 3 is 2.45 bits per heavy atom. The first-order valence-electron chi connectivity index (χ1n) is 8.39. The molecule has 3 nitrogen and oxygen atoms in total. The lowest BCUT2D eigenvalue weighted by Gasteiger charge is -2.21. The third-order valence-corrected chi connectivity index (χ3v) is 4.20. The van der Waals surface area contributed by atoms with Crippen molar-refractivity contribution in [1.29, 1.82) is 0 Å². The van der Waals surface area contributed by atoms with Crippen LogP contribution in [0.5, 0.6) is 0 Å². The molecule has 0 aromatic carbocycles. The molecule has 0 saturated carbocycles. The van der Waals surface area contributed by atoms with E-state index >= 15 is 0 Å².